The molecule has 56 heavy (non-hydrogen) atoms. The molecule has 3 aromatic rings. The molecule has 0 unspecified atom stereocenters. The summed E-state index contributed by atoms with van der Waals surface area (Å²) in [6.45, 7) is 15.7. The number of alkyl carbamates (subject to hydrolysis) is 2. The third-order valence-corrected chi connectivity index (χ3v) is 10.5. The molecule has 4 heterocycles. The number of amides is 4. The number of halogens is 2. The molecule has 302 valence electrons. The quantitative estimate of drug-likeness (QED) is 0.201. The third-order valence-electron chi connectivity index (χ3n) is 10.5. The summed E-state index contributed by atoms with van der Waals surface area (Å²) < 4.78 is 40.9. The van der Waals surface area contributed by atoms with E-state index >= 15 is 8.78 Å². The van der Waals surface area contributed by atoms with Crippen LogP contribution in [-0.2, 0) is 19.1 Å². The molecule has 16 heteroatoms. The minimum atomic E-state index is -0.826. The molecule has 2 aromatic heterocycles. The summed E-state index contributed by atoms with van der Waals surface area (Å²) in [4.78, 5) is 70.4. The average molecular weight is 779 g/mol. The van der Waals surface area contributed by atoms with E-state index in [2.05, 4.69) is 42.4 Å². The second-order valence-electron chi connectivity index (χ2n) is 15.6. The Kier molecular flexibility index (Phi) is 12.8. The van der Waals surface area contributed by atoms with E-state index in [1.807, 2.05) is 41.5 Å². The molecule has 0 bridgehead atoms. The number of nitrogens with zero attached hydrogens (tertiary/aromatic N) is 4. The first kappa shape index (κ1) is 41.7. The van der Waals surface area contributed by atoms with Gasteiger partial charge in [-0.2, -0.15) is 0 Å². The van der Waals surface area contributed by atoms with E-state index in [0.717, 1.165) is 12.1 Å². The van der Waals surface area contributed by atoms with E-state index in [0.29, 0.717) is 54.7 Å². The summed E-state index contributed by atoms with van der Waals surface area (Å²) in [5.41, 5.74) is 1.41. The number of imidazole rings is 2. The highest BCUT2D eigenvalue weighted by Crippen LogP contribution is 2.38. The van der Waals surface area contributed by atoms with E-state index in [9.17, 15) is 19.2 Å². The maximum Gasteiger partial charge on any atom is 0.407 e. The van der Waals surface area contributed by atoms with Gasteiger partial charge in [0.2, 0.25) is 11.8 Å². The summed E-state index contributed by atoms with van der Waals surface area (Å²) in [5.74, 6) is 4.43. The van der Waals surface area contributed by atoms with Crippen molar-refractivity contribution in [3.05, 3.63) is 58.1 Å². The molecule has 4 N–H and O–H groups in total. The molecule has 0 saturated carbocycles. The lowest BCUT2D eigenvalue weighted by Crippen LogP contribution is -2.51. The minimum absolute atomic E-state index is 0.0397. The Morgan fingerprint density at radius 2 is 1.25 bits per heavy atom. The van der Waals surface area contributed by atoms with Gasteiger partial charge in [-0.15, -0.1) is 0 Å². The average Bonchev–Trinajstić information content (AvgIpc) is 3.93. The van der Waals surface area contributed by atoms with E-state index in [1.165, 1.54) is 14.2 Å². The zero-order valence-electron chi connectivity index (χ0n) is 33.6. The predicted molar refractivity (Wildman–Crippen MR) is 203 cm³/mol. The van der Waals surface area contributed by atoms with Gasteiger partial charge in [0.15, 0.2) is 0 Å². The summed E-state index contributed by atoms with van der Waals surface area (Å²) in [6.07, 6.45) is -0.192. The van der Waals surface area contributed by atoms with Crippen LogP contribution in [0, 0.1) is 61.0 Å². The fourth-order valence-electron chi connectivity index (χ4n) is 7.48. The first-order valence-corrected chi connectivity index (χ1v) is 18.9. The molecular formula is C40H52F2N8O6. The van der Waals surface area contributed by atoms with Gasteiger partial charge < -0.3 is 39.9 Å². The van der Waals surface area contributed by atoms with Crippen molar-refractivity contribution < 1.29 is 37.4 Å². The van der Waals surface area contributed by atoms with Gasteiger partial charge in [-0.3, -0.25) is 9.59 Å². The van der Waals surface area contributed by atoms with Gasteiger partial charge in [0.25, 0.3) is 0 Å². The van der Waals surface area contributed by atoms with Crippen molar-refractivity contribution in [3.63, 3.8) is 0 Å². The molecular weight excluding hydrogens is 726 g/mol. The summed E-state index contributed by atoms with van der Waals surface area (Å²) in [5, 5.41) is 5.27. The van der Waals surface area contributed by atoms with Gasteiger partial charge >= 0.3 is 12.2 Å². The number of carbonyl (C=O) groups is 4. The summed E-state index contributed by atoms with van der Waals surface area (Å²) >= 11 is 0. The Balaban J connectivity index is 1.37. The molecule has 0 spiro atoms. The number of aromatic nitrogens is 4. The number of aryl methyl sites for hydroxylation is 2. The number of hydrogen-bond acceptors (Lipinski definition) is 8. The SMILES string of the molecule is COC(=O)N[C@H](C(=O)N1C[C@@H](C)C[C@H]1c1nc(C)c(C#Cc2cc(F)c(-c3[nH]c([C@@H]4C[C@H](C)CN4C(=O)[C@@H](NC(=O)OC)C(C)C)nc3C)cc2F)[nH]1)C(C)C. The number of rotatable bonds is 9. The Hall–Kier alpha value is -5.46. The monoisotopic (exact) mass is 778 g/mol. The highest BCUT2D eigenvalue weighted by atomic mass is 19.1. The fraction of sp³-hybridized carbons (Fsp3) is 0.550. The van der Waals surface area contributed by atoms with E-state index < -0.39 is 48.0 Å². The molecule has 0 aliphatic carbocycles. The van der Waals surface area contributed by atoms with Gasteiger partial charge in [0.1, 0.15) is 41.1 Å². The van der Waals surface area contributed by atoms with E-state index in [1.54, 1.807) is 23.6 Å². The lowest BCUT2D eigenvalue weighted by Gasteiger charge is -2.30. The number of H-pyrrole nitrogens is 2. The number of carbonyl (C=O) groups excluding carboxylic acids is 4. The van der Waals surface area contributed by atoms with Crippen molar-refractivity contribution in [2.24, 2.45) is 23.7 Å². The smallest absolute Gasteiger partial charge is 0.407 e. The van der Waals surface area contributed by atoms with Crippen molar-refractivity contribution in [1.82, 2.24) is 40.4 Å². The molecule has 1 aromatic carbocycles. The van der Waals surface area contributed by atoms with Crippen LogP contribution in [0.3, 0.4) is 0 Å². The van der Waals surface area contributed by atoms with Crippen LogP contribution in [0.15, 0.2) is 12.1 Å². The topological polar surface area (TPSA) is 175 Å². The van der Waals surface area contributed by atoms with Crippen LogP contribution in [0.25, 0.3) is 11.3 Å². The number of likely N-dealkylation sites (tertiary alicyclic amines) is 2. The molecule has 0 radical (unpaired) electrons. The van der Waals surface area contributed by atoms with Crippen LogP contribution < -0.4 is 10.6 Å². The van der Waals surface area contributed by atoms with Gasteiger partial charge in [-0.1, -0.05) is 47.5 Å². The van der Waals surface area contributed by atoms with Gasteiger partial charge in [-0.25, -0.2) is 28.3 Å². The molecule has 2 aliphatic heterocycles. The molecule has 4 amide bonds. The zero-order chi connectivity index (χ0) is 41.2. The molecule has 5 rings (SSSR count). The Bertz CT molecular complexity index is 2030. The van der Waals surface area contributed by atoms with E-state index in [4.69, 9.17) is 9.47 Å². The van der Waals surface area contributed by atoms with Crippen molar-refractivity contribution in [2.45, 2.75) is 92.4 Å². The predicted octanol–water partition coefficient (Wildman–Crippen LogP) is 5.67. The Labute approximate surface area is 325 Å². The third kappa shape index (κ3) is 8.82. The van der Waals surface area contributed by atoms with Crippen LogP contribution in [0.5, 0.6) is 0 Å². The number of ether oxygens (including phenoxy) is 2. The van der Waals surface area contributed by atoms with E-state index in [-0.39, 0.29) is 52.3 Å². The lowest BCUT2D eigenvalue weighted by atomic mass is 10.0. The van der Waals surface area contributed by atoms with Crippen molar-refractivity contribution in [2.75, 3.05) is 27.3 Å². The number of methoxy groups -OCH3 is 2. The van der Waals surface area contributed by atoms with Crippen molar-refractivity contribution >= 4 is 24.0 Å². The van der Waals surface area contributed by atoms with Crippen molar-refractivity contribution in [1.29, 1.82) is 0 Å². The first-order valence-electron chi connectivity index (χ1n) is 18.9. The fourth-order valence-corrected chi connectivity index (χ4v) is 7.48. The van der Waals surface area contributed by atoms with Gasteiger partial charge in [-0.05, 0) is 68.4 Å². The maximum absolute atomic E-state index is 15.8. The number of benzene rings is 1. The van der Waals surface area contributed by atoms with Crippen LogP contribution in [0.1, 0.15) is 101 Å². The number of aromatic amines is 2. The summed E-state index contributed by atoms with van der Waals surface area (Å²) in [7, 11) is 2.47. The minimum Gasteiger partial charge on any atom is -0.453 e. The lowest BCUT2D eigenvalue weighted by molar-refractivity contribution is -0.136. The largest absolute Gasteiger partial charge is 0.453 e. The highest BCUT2D eigenvalue weighted by molar-refractivity contribution is 5.87. The first-order chi connectivity index (χ1) is 26.4. The second-order valence-corrected chi connectivity index (χ2v) is 15.6. The second kappa shape index (κ2) is 17.1. The Morgan fingerprint density at radius 3 is 1.73 bits per heavy atom. The zero-order valence-corrected chi connectivity index (χ0v) is 33.6. The number of nitrogens with one attached hydrogen (secondary N) is 4. The van der Waals surface area contributed by atoms with Crippen LogP contribution in [0.4, 0.5) is 18.4 Å². The molecule has 2 aliphatic rings. The maximum atomic E-state index is 15.8. The van der Waals surface area contributed by atoms with Crippen molar-refractivity contribution in [3.8, 4) is 23.1 Å². The normalized spacial score (nSPS) is 20.5. The van der Waals surface area contributed by atoms with Gasteiger partial charge in [0, 0.05) is 18.7 Å². The Morgan fingerprint density at radius 1 is 0.768 bits per heavy atom. The molecule has 6 atom stereocenters. The van der Waals surface area contributed by atoms with Crippen LogP contribution in [-0.4, -0.2) is 93.1 Å². The standard InChI is InChI=1S/C40H52F2N8O6/c1-19(2)32(47-39(53)55-9)37(51)49-17-21(5)13-30(49)35-43-23(7)29(45-35)12-11-25-15-28(42)26(16-27(25)41)34-24(8)44-36(46-34)31-14-22(6)18-50(31)38(52)33(20(3)4)48-40(54)56-10/h15-16,19-22,30-33H,13-14,17-18H2,1-10H3,(H,43,45)(H,44,46)(H,47,53)(H,48,54)/t21-,22-,30-,31-,32-,33-/m0/s1. The van der Waals surface area contributed by atoms with Crippen LogP contribution >= 0.6 is 0 Å². The molecule has 2 fully saturated rings. The molecule has 14 nitrogen and oxygen atoms in total. The summed E-state index contributed by atoms with van der Waals surface area (Å²) in [6, 6.07) is -0.406. The van der Waals surface area contributed by atoms with Crippen LogP contribution in [0.2, 0.25) is 0 Å². The van der Waals surface area contributed by atoms with Gasteiger partial charge in [0.05, 0.1) is 48.9 Å². The number of hydrogen-bond donors (Lipinski definition) is 4. The highest BCUT2D eigenvalue weighted by Gasteiger charge is 2.42. The molecule has 2 saturated heterocycles.